The molecule has 1 aliphatic carbocycles. The quantitative estimate of drug-likeness (QED) is 0.861. The van der Waals surface area contributed by atoms with Crippen LogP contribution in [0.25, 0.3) is 0 Å². The normalized spacial score (nSPS) is 31.2. The summed E-state index contributed by atoms with van der Waals surface area (Å²) < 4.78 is 1.23. The van der Waals surface area contributed by atoms with Crippen molar-refractivity contribution < 1.29 is 0 Å². The molecule has 0 radical (unpaired) electrons. The van der Waals surface area contributed by atoms with Crippen LogP contribution in [0.4, 0.5) is 0 Å². The summed E-state index contributed by atoms with van der Waals surface area (Å²) in [6.45, 7) is 2.23. The van der Waals surface area contributed by atoms with Crippen LogP contribution in [0.15, 0.2) is 28.7 Å². The van der Waals surface area contributed by atoms with E-state index in [4.69, 9.17) is 5.73 Å². The van der Waals surface area contributed by atoms with Crippen molar-refractivity contribution in [3.63, 3.8) is 0 Å². The number of hydrogen-bond donors (Lipinski definition) is 1. The van der Waals surface area contributed by atoms with E-state index in [-0.39, 0.29) is 0 Å². The van der Waals surface area contributed by atoms with Crippen molar-refractivity contribution in [1.82, 2.24) is 0 Å². The lowest BCUT2D eigenvalue weighted by molar-refractivity contribution is 0.198. The summed E-state index contributed by atoms with van der Waals surface area (Å²) in [6.07, 6.45) is 2.33. The second-order valence-electron chi connectivity index (χ2n) is 4.10. The fourth-order valence-corrected chi connectivity index (χ4v) is 3.04. The zero-order valence-electron chi connectivity index (χ0n) is 8.41. The molecule has 0 amide bonds. The van der Waals surface area contributed by atoms with Crippen LogP contribution >= 0.6 is 15.9 Å². The lowest BCUT2D eigenvalue weighted by atomic mass is 9.65. The van der Waals surface area contributed by atoms with Crippen LogP contribution < -0.4 is 5.73 Å². The Morgan fingerprint density at radius 2 is 2.14 bits per heavy atom. The molecular formula is C12H16BrN. The van der Waals surface area contributed by atoms with E-state index in [0.29, 0.717) is 17.9 Å². The molecule has 1 fully saturated rings. The molecule has 1 saturated carbocycles. The van der Waals surface area contributed by atoms with Crippen molar-refractivity contribution in [3.8, 4) is 0 Å². The van der Waals surface area contributed by atoms with Gasteiger partial charge in [0.25, 0.3) is 0 Å². The summed E-state index contributed by atoms with van der Waals surface area (Å²) in [7, 11) is 0. The molecule has 2 N–H and O–H groups in total. The molecule has 0 aliphatic heterocycles. The molecule has 3 atom stereocenters. The summed E-state index contributed by atoms with van der Waals surface area (Å²) >= 11 is 3.61. The van der Waals surface area contributed by atoms with E-state index in [0.717, 1.165) is 6.42 Å². The van der Waals surface area contributed by atoms with Crippen LogP contribution in [0.1, 0.15) is 31.2 Å². The first-order valence-electron chi connectivity index (χ1n) is 5.24. The van der Waals surface area contributed by atoms with Gasteiger partial charge in [-0.2, -0.15) is 0 Å². The molecular weight excluding hydrogens is 238 g/mol. The second-order valence-corrected chi connectivity index (χ2v) is 4.95. The van der Waals surface area contributed by atoms with E-state index >= 15 is 0 Å². The van der Waals surface area contributed by atoms with E-state index in [9.17, 15) is 0 Å². The highest BCUT2D eigenvalue weighted by Crippen LogP contribution is 2.45. The van der Waals surface area contributed by atoms with Gasteiger partial charge in [0.05, 0.1) is 0 Å². The zero-order valence-corrected chi connectivity index (χ0v) is 10.00. The first-order chi connectivity index (χ1) is 6.74. The van der Waals surface area contributed by atoms with Crippen molar-refractivity contribution in [1.29, 1.82) is 0 Å². The molecule has 0 aromatic heterocycles. The Morgan fingerprint density at radius 1 is 1.43 bits per heavy atom. The van der Waals surface area contributed by atoms with Gasteiger partial charge in [-0.1, -0.05) is 47.5 Å². The molecule has 0 bridgehead atoms. The van der Waals surface area contributed by atoms with Gasteiger partial charge in [-0.15, -0.1) is 0 Å². The van der Waals surface area contributed by atoms with Crippen LogP contribution in [-0.2, 0) is 0 Å². The van der Waals surface area contributed by atoms with Gasteiger partial charge in [-0.25, -0.2) is 0 Å². The van der Waals surface area contributed by atoms with Crippen molar-refractivity contribution in [3.05, 3.63) is 34.3 Å². The predicted molar refractivity (Wildman–Crippen MR) is 63.3 cm³/mol. The maximum Gasteiger partial charge on any atom is 0.0210 e. The average Bonchev–Trinajstić information content (AvgIpc) is 2.16. The Labute approximate surface area is 93.8 Å². The third-order valence-corrected chi connectivity index (χ3v) is 4.09. The fourth-order valence-electron chi connectivity index (χ4n) is 2.47. The fraction of sp³-hybridized carbons (Fsp3) is 0.500. The monoisotopic (exact) mass is 253 g/mol. The summed E-state index contributed by atoms with van der Waals surface area (Å²) in [4.78, 5) is 0. The lowest BCUT2D eigenvalue weighted by Crippen LogP contribution is -2.45. The molecule has 1 aromatic rings. The van der Waals surface area contributed by atoms with Gasteiger partial charge >= 0.3 is 0 Å². The van der Waals surface area contributed by atoms with Crippen LogP contribution in [0, 0.1) is 5.92 Å². The Balaban J connectivity index is 2.21. The van der Waals surface area contributed by atoms with Crippen molar-refractivity contribution in [2.45, 2.75) is 31.7 Å². The molecule has 0 saturated heterocycles. The molecule has 0 heterocycles. The first kappa shape index (κ1) is 10.2. The molecule has 76 valence electrons. The van der Waals surface area contributed by atoms with Gasteiger partial charge in [0.15, 0.2) is 0 Å². The smallest absolute Gasteiger partial charge is 0.0210 e. The predicted octanol–water partition coefficient (Wildman–Crippen LogP) is 3.29. The minimum atomic E-state index is 0.414. The number of nitrogens with two attached hydrogens (primary N) is 1. The lowest BCUT2D eigenvalue weighted by Gasteiger charge is -2.43. The van der Waals surface area contributed by atoms with E-state index in [1.807, 2.05) is 0 Å². The highest BCUT2D eigenvalue weighted by atomic mass is 79.9. The Kier molecular flexibility index (Phi) is 2.93. The number of hydrogen-bond acceptors (Lipinski definition) is 1. The number of benzene rings is 1. The standard InChI is InChI=1S/C12H16BrN/c1-2-8-10(7-12(8)14)9-5-3-4-6-11(9)13/h3-6,8,10,12H,2,7,14H2,1H3. The molecule has 3 unspecified atom stereocenters. The maximum atomic E-state index is 6.00. The van der Waals surface area contributed by atoms with Gasteiger partial charge in [-0.3, -0.25) is 0 Å². The van der Waals surface area contributed by atoms with Gasteiger partial charge < -0.3 is 5.73 Å². The number of halogens is 1. The van der Waals surface area contributed by atoms with Crippen LogP contribution in [0.3, 0.4) is 0 Å². The Bertz CT molecular complexity index is 324. The van der Waals surface area contributed by atoms with E-state index in [2.05, 4.69) is 47.1 Å². The summed E-state index contributed by atoms with van der Waals surface area (Å²) in [5.41, 5.74) is 7.43. The molecule has 2 rings (SSSR count). The molecule has 1 nitrogen and oxygen atoms in total. The van der Waals surface area contributed by atoms with E-state index in [1.165, 1.54) is 16.5 Å². The minimum absolute atomic E-state index is 0.414. The summed E-state index contributed by atoms with van der Waals surface area (Å²) in [6, 6.07) is 8.91. The topological polar surface area (TPSA) is 26.0 Å². The van der Waals surface area contributed by atoms with Crippen molar-refractivity contribution >= 4 is 15.9 Å². The molecule has 1 aliphatic rings. The third kappa shape index (κ3) is 1.61. The van der Waals surface area contributed by atoms with Crippen molar-refractivity contribution in [2.75, 3.05) is 0 Å². The average molecular weight is 254 g/mol. The Morgan fingerprint density at radius 3 is 2.71 bits per heavy atom. The van der Waals surface area contributed by atoms with Gasteiger partial charge in [0.2, 0.25) is 0 Å². The molecule has 14 heavy (non-hydrogen) atoms. The molecule has 0 spiro atoms. The van der Waals surface area contributed by atoms with Gasteiger partial charge in [0, 0.05) is 10.5 Å². The second kappa shape index (κ2) is 4.03. The highest BCUT2D eigenvalue weighted by Gasteiger charge is 2.38. The van der Waals surface area contributed by atoms with Crippen LogP contribution in [0.5, 0.6) is 0 Å². The highest BCUT2D eigenvalue weighted by molar-refractivity contribution is 9.10. The van der Waals surface area contributed by atoms with Gasteiger partial charge in [0.1, 0.15) is 0 Å². The first-order valence-corrected chi connectivity index (χ1v) is 6.03. The third-order valence-electron chi connectivity index (χ3n) is 3.37. The summed E-state index contributed by atoms with van der Waals surface area (Å²) in [5, 5.41) is 0. The number of rotatable bonds is 2. The molecule has 2 heteroatoms. The SMILES string of the molecule is CCC1C(N)CC1c1ccccc1Br. The van der Waals surface area contributed by atoms with Crippen LogP contribution in [0.2, 0.25) is 0 Å². The zero-order chi connectivity index (χ0) is 10.1. The van der Waals surface area contributed by atoms with Crippen molar-refractivity contribution in [2.24, 2.45) is 11.7 Å². The van der Waals surface area contributed by atoms with E-state index in [1.54, 1.807) is 0 Å². The van der Waals surface area contributed by atoms with Gasteiger partial charge in [-0.05, 0) is 29.9 Å². The molecule has 1 aromatic carbocycles. The van der Waals surface area contributed by atoms with E-state index < -0.39 is 0 Å². The Hall–Kier alpha value is -0.340. The maximum absolute atomic E-state index is 6.00. The van der Waals surface area contributed by atoms with Crippen LogP contribution in [-0.4, -0.2) is 6.04 Å². The summed E-state index contributed by atoms with van der Waals surface area (Å²) in [5.74, 6) is 1.35. The minimum Gasteiger partial charge on any atom is -0.327 e. The largest absolute Gasteiger partial charge is 0.327 e.